The van der Waals surface area contributed by atoms with Gasteiger partial charge in [-0.3, -0.25) is 28.8 Å². The summed E-state index contributed by atoms with van der Waals surface area (Å²) in [6, 6.07) is -0.257. The zero-order valence-corrected chi connectivity index (χ0v) is 40.2. The van der Waals surface area contributed by atoms with E-state index in [1.54, 1.807) is 0 Å². The Morgan fingerprint density at radius 2 is 0.730 bits per heavy atom. The highest BCUT2D eigenvalue weighted by Gasteiger charge is 2.30. The van der Waals surface area contributed by atoms with Crippen LogP contribution in [0.5, 0.6) is 0 Å². The first-order valence-electron chi connectivity index (χ1n) is 25.3. The predicted octanol–water partition coefficient (Wildman–Crippen LogP) is 10.6. The van der Waals surface area contributed by atoms with Crippen molar-refractivity contribution in [3.8, 4) is 0 Å². The van der Waals surface area contributed by atoms with Gasteiger partial charge in [0.1, 0.15) is 12.7 Å². The third-order valence-electron chi connectivity index (χ3n) is 11.4. The van der Waals surface area contributed by atoms with Crippen LogP contribution in [-0.4, -0.2) is 87.5 Å². The Bertz CT molecular complexity index is 1180. The van der Waals surface area contributed by atoms with E-state index < -0.39 is 29.9 Å². The highest BCUT2D eigenvalue weighted by Crippen LogP contribution is 2.18. The molecule has 0 aromatic heterocycles. The molecule has 1 unspecified atom stereocenters. The fraction of sp³-hybridized carbons (Fsp3) is 0.880. The first kappa shape index (κ1) is 57.8. The number of nitrogens with one attached hydrogen (secondary N) is 1. The van der Waals surface area contributed by atoms with Crippen molar-refractivity contribution < 1.29 is 57.2 Å². The number of carbonyl (C=O) groups is 6. The topological polar surface area (TPSA) is 170 Å². The SMILES string of the molecule is CCCCCCCCC(=O)OCC(COC(=O)CCCCCCC)CC(=O)OC[C@@H]1C[C@@H](OC(=O)CC(COC(=O)CCCCCCCC)COC(=O)CCCCCCCC)CN1. The number of esters is 6. The van der Waals surface area contributed by atoms with Crippen LogP contribution in [0.4, 0.5) is 0 Å². The zero-order chi connectivity index (χ0) is 46.2. The van der Waals surface area contributed by atoms with E-state index in [9.17, 15) is 28.8 Å². The van der Waals surface area contributed by atoms with Gasteiger partial charge in [0.25, 0.3) is 0 Å². The minimum absolute atomic E-state index is 0.0424. The van der Waals surface area contributed by atoms with E-state index in [1.165, 1.54) is 19.3 Å². The van der Waals surface area contributed by atoms with E-state index in [4.69, 9.17) is 28.4 Å². The number of ether oxygens (including phenoxy) is 6. The highest BCUT2D eigenvalue weighted by atomic mass is 16.6. The fourth-order valence-electron chi connectivity index (χ4n) is 7.44. The van der Waals surface area contributed by atoms with E-state index in [0.29, 0.717) is 38.6 Å². The van der Waals surface area contributed by atoms with Gasteiger partial charge in [-0.05, 0) is 25.7 Å². The van der Waals surface area contributed by atoms with Gasteiger partial charge < -0.3 is 33.7 Å². The molecule has 1 aliphatic rings. The summed E-state index contributed by atoms with van der Waals surface area (Å²) < 4.78 is 33.4. The number of rotatable bonds is 42. The Balaban J connectivity index is 2.64. The highest BCUT2D eigenvalue weighted by molar-refractivity contribution is 5.72. The summed E-state index contributed by atoms with van der Waals surface area (Å²) >= 11 is 0. The van der Waals surface area contributed by atoms with Gasteiger partial charge in [-0.25, -0.2) is 0 Å². The van der Waals surface area contributed by atoms with Crippen LogP contribution in [0.3, 0.4) is 0 Å². The summed E-state index contributed by atoms with van der Waals surface area (Å²) in [6.45, 7) is 8.83. The molecule has 1 rings (SSSR count). The molecule has 0 aliphatic carbocycles. The van der Waals surface area contributed by atoms with Crippen molar-refractivity contribution >= 4 is 35.8 Å². The lowest BCUT2D eigenvalue weighted by atomic mass is 10.1. The summed E-state index contributed by atoms with van der Waals surface area (Å²) in [4.78, 5) is 76.1. The summed E-state index contributed by atoms with van der Waals surface area (Å²) in [5, 5.41) is 3.24. The monoisotopic (exact) mass is 896 g/mol. The smallest absolute Gasteiger partial charge is 0.306 e. The molecule has 366 valence electrons. The van der Waals surface area contributed by atoms with Crippen molar-refractivity contribution in [2.75, 3.05) is 39.6 Å². The second kappa shape index (κ2) is 40.3. The third-order valence-corrected chi connectivity index (χ3v) is 11.4. The first-order valence-corrected chi connectivity index (χ1v) is 25.3. The molecule has 1 saturated heterocycles. The van der Waals surface area contributed by atoms with Gasteiger partial charge >= 0.3 is 35.8 Å². The first-order chi connectivity index (χ1) is 30.6. The standard InChI is InChI=1S/C50H89NO12/c1-5-9-13-17-21-25-29-46(53)59-37-41(36-58-45(52)28-24-20-16-12-8-4)32-49(56)62-40-43-34-44(35-51-43)63-50(57)33-42(38-60-47(54)30-26-22-18-14-10-6-2)39-61-48(55)31-27-23-19-15-11-7-3/h41-44,51H,5-40H2,1-4H3/t41?,43-,44+/m0/s1. The van der Waals surface area contributed by atoms with Crippen molar-refractivity contribution in [2.45, 2.75) is 232 Å². The van der Waals surface area contributed by atoms with Crippen molar-refractivity contribution in [3.05, 3.63) is 0 Å². The van der Waals surface area contributed by atoms with Crippen LogP contribution in [0.15, 0.2) is 0 Å². The van der Waals surface area contributed by atoms with Gasteiger partial charge in [0.2, 0.25) is 0 Å². The predicted molar refractivity (Wildman–Crippen MR) is 245 cm³/mol. The van der Waals surface area contributed by atoms with Crippen LogP contribution in [0.1, 0.15) is 220 Å². The molecule has 1 fully saturated rings. The number of hydrogen-bond acceptors (Lipinski definition) is 13. The molecule has 1 aliphatic heterocycles. The van der Waals surface area contributed by atoms with Crippen molar-refractivity contribution in [3.63, 3.8) is 0 Å². The van der Waals surface area contributed by atoms with Crippen molar-refractivity contribution in [1.29, 1.82) is 0 Å². The lowest BCUT2D eigenvalue weighted by Crippen LogP contribution is -2.30. The molecule has 1 N–H and O–H groups in total. The molecule has 0 aromatic carbocycles. The summed E-state index contributed by atoms with van der Waals surface area (Å²) in [5.74, 6) is -3.41. The van der Waals surface area contributed by atoms with Crippen LogP contribution in [0.2, 0.25) is 0 Å². The molecule has 0 bridgehead atoms. The van der Waals surface area contributed by atoms with E-state index >= 15 is 0 Å². The van der Waals surface area contributed by atoms with Gasteiger partial charge in [-0.15, -0.1) is 0 Å². The van der Waals surface area contributed by atoms with Gasteiger partial charge in [-0.1, -0.05) is 150 Å². The Hall–Kier alpha value is -3.22. The second-order valence-corrected chi connectivity index (χ2v) is 17.7. The van der Waals surface area contributed by atoms with E-state index in [2.05, 4.69) is 33.0 Å². The number of hydrogen-bond donors (Lipinski definition) is 1. The normalized spacial score (nSPS) is 15.2. The number of unbranched alkanes of at least 4 members (excludes halogenated alkanes) is 19. The average Bonchev–Trinajstić information content (AvgIpc) is 3.72. The van der Waals surface area contributed by atoms with Crippen LogP contribution in [0, 0.1) is 11.8 Å². The Morgan fingerprint density at radius 1 is 0.413 bits per heavy atom. The maximum atomic E-state index is 13.1. The van der Waals surface area contributed by atoms with E-state index in [1.807, 2.05) is 0 Å². The minimum Gasteiger partial charge on any atom is -0.465 e. The Labute approximate surface area is 381 Å². The maximum Gasteiger partial charge on any atom is 0.306 e. The van der Waals surface area contributed by atoms with Crippen LogP contribution in [0.25, 0.3) is 0 Å². The molecular formula is C50H89NO12. The van der Waals surface area contributed by atoms with Crippen LogP contribution in [-0.2, 0) is 57.2 Å². The van der Waals surface area contributed by atoms with Gasteiger partial charge in [0, 0.05) is 56.5 Å². The molecule has 13 nitrogen and oxygen atoms in total. The Kier molecular flexibility index (Phi) is 37.0. The van der Waals surface area contributed by atoms with Gasteiger partial charge in [-0.2, -0.15) is 0 Å². The van der Waals surface area contributed by atoms with Gasteiger partial charge in [0.05, 0.1) is 39.3 Å². The summed E-state index contributed by atoms with van der Waals surface area (Å²) in [6.07, 6.45) is 24.9. The summed E-state index contributed by atoms with van der Waals surface area (Å²) in [7, 11) is 0. The molecule has 0 aromatic rings. The molecule has 0 spiro atoms. The maximum absolute atomic E-state index is 13.1. The largest absolute Gasteiger partial charge is 0.465 e. The minimum atomic E-state index is -0.544. The van der Waals surface area contributed by atoms with Crippen LogP contribution < -0.4 is 5.32 Å². The molecule has 1 heterocycles. The third kappa shape index (κ3) is 34.8. The molecule has 0 saturated carbocycles. The molecule has 0 amide bonds. The number of carbonyl (C=O) groups excluding carboxylic acids is 6. The van der Waals surface area contributed by atoms with E-state index in [-0.39, 0.29) is 75.8 Å². The molecular weight excluding hydrogens is 807 g/mol. The van der Waals surface area contributed by atoms with Gasteiger partial charge in [0.15, 0.2) is 0 Å². The quantitative estimate of drug-likeness (QED) is 0.0349. The average molecular weight is 896 g/mol. The molecule has 3 atom stereocenters. The van der Waals surface area contributed by atoms with E-state index in [0.717, 1.165) is 128 Å². The zero-order valence-electron chi connectivity index (χ0n) is 40.2. The fourth-order valence-corrected chi connectivity index (χ4v) is 7.44. The molecule has 13 heteroatoms. The van der Waals surface area contributed by atoms with Crippen molar-refractivity contribution in [1.82, 2.24) is 5.32 Å². The van der Waals surface area contributed by atoms with Crippen molar-refractivity contribution in [2.24, 2.45) is 11.8 Å². The molecule has 0 radical (unpaired) electrons. The van der Waals surface area contributed by atoms with Crippen LogP contribution >= 0.6 is 0 Å². The lowest BCUT2D eigenvalue weighted by Gasteiger charge is -2.19. The lowest BCUT2D eigenvalue weighted by molar-refractivity contribution is -0.157. The Morgan fingerprint density at radius 3 is 1.08 bits per heavy atom. The summed E-state index contributed by atoms with van der Waals surface area (Å²) in [5.41, 5.74) is 0. The second-order valence-electron chi connectivity index (χ2n) is 17.7. The molecule has 63 heavy (non-hydrogen) atoms.